The van der Waals surface area contributed by atoms with Crippen molar-refractivity contribution in [3.63, 3.8) is 0 Å². The van der Waals surface area contributed by atoms with Crippen LogP contribution in [0, 0.1) is 10.8 Å². The van der Waals surface area contributed by atoms with Crippen LogP contribution in [-0.2, 0) is 14.4 Å². The quantitative estimate of drug-likeness (QED) is 0.179. The van der Waals surface area contributed by atoms with Gasteiger partial charge in [-0.2, -0.15) is 0 Å². The van der Waals surface area contributed by atoms with E-state index in [1.165, 1.54) is 20.8 Å². The molecule has 0 unspecified atom stereocenters. The van der Waals surface area contributed by atoms with Crippen molar-refractivity contribution in [3.8, 4) is 0 Å². The number of hydrogen-bond donors (Lipinski definition) is 9. The molecule has 12 nitrogen and oxygen atoms in total. The Morgan fingerprint density at radius 1 is 0.571 bits per heavy atom. The molecule has 0 fully saturated rings. The van der Waals surface area contributed by atoms with E-state index < -0.39 is 28.7 Å². The summed E-state index contributed by atoms with van der Waals surface area (Å²) in [6, 6.07) is 0. The molecule has 0 heterocycles. The van der Waals surface area contributed by atoms with Crippen LogP contribution in [0.5, 0.6) is 0 Å². The van der Waals surface area contributed by atoms with Gasteiger partial charge in [0.1, 0.15) is 0 Å². The van der Waals surface area contributed by atoms with Crippen LogP contribution in [0.25, 0.3) is 0 Å². The average Bonchev–Trinajstić information content (AvgIpc) is 2.81. The molecule has 35 heavy (non-hydrogen) atoms. The first-order chi connectivity index (χ1) is 15.9. The van der Waals surface area contributed by atoms with E-state index >= 15 is 0 Å². The number of carboxylic acid groups (broad SMARTS) is 3. The van der Waals surface area contributed by atoms with E-state index in [0.717, 1.165) is 0 Å². The second kappa shape index (κ2) is 24.5. The Bertz CT molecular complexity index is 514. The fraction of sp³-hybridized carbons (Fsp3) is 0.609. The van der Waals surface area contributed by atoms with Crippen LogP contribution in [0.2, 0.25) is 0 Å². The monoisotopic (exact) mass is 512 g/mol. The number of hydrogen-bond acceptors (Lipinski definition) is 9. The molecule has 0 aromatic rings. The Balaban J connectivity index is -0.000000108. The molecule has 0 atom stereocenters. The van der Waals surface area contributed by atoms with Crippen LogP contribution in [0.15, 0.2) is 36.5 Å². The summed E-state index contributed by atoms with van der Waals surface area (Å²) >= 11 is 0. The van der Waals surface area contributed by atoms with Crippen LogP contribution < -0.4 is 0 Å². The average molecular weight is 513 g/mol. The minimum Gasteiger partial charge on any atom is -0.478 e. The SMILES string of the molecule is C=C(C)C(=O)O.C=C(C)C(=O)O.C=C(C)C(=O)O.CC(CO)(CO)CO.CCC(CO)(CO)CO. The van der Waals surface area contributed by atoms with Gasteiger partial charge in [0.15, 0.2) is 0 Å². The van der Waals surface area contributed by atoms with Gasteiger partial charge in [-0.3, -0.25) is 0 Å². The maximum absolute atomic E-state index is 9.60. The molecule has 9 N–H and O–H groups in total. The van der Waals surface area contributed by atoms with Crippen LogP contribution in [0.1, 0.15) is 41.0 Å². The van der Waals surface area contributed by atoms with Crippen LogP contribution >= 0.6 is 0 Å². The van der Waals surface area contributed by atoms with Crippen LogP contribution in [-0.4, -0.2) is 104 Å². The molecule has 0 radical (unpaired) electrons. The molecule has 0 rings (SSSR count). The maximum atomic E-state index is 9.60. The third-order valence-corrected chi connectivity index (χ3v) is 4.00. The fourth-order valence-electron chi connectivity index (χ4n) is 0.635. The molecule has 0 spiro atoms. The zero-order chi connectivity index (χ0) is 29.4. The van der Waals surface area contributed by atoms with E-state index in [2.05, 4.69) is 19.7 Å². The van der Waals surface area contributed by atoms with Gasteiger partial charge in [-0.15, -0.1) is 0 Å². The molecular formula is C23H44O12. The minimum absolute atomic E-state index is 0.156. The molecule has 0 aliphatic rings. The van der Waals surface area contributed by atoms with E-state index in [1.807, 2.05) is 6.92 Å². The Morgan fingerprint density at radius 3 is 0.743 bits per heavy atom. The first kappa shape index (κ1) is 42.5. The Hall–Kier alpha value is -2.61. The van der Waals surface area contributed by atoms with Crippen molar-refractivity contribution in [1.29, 1.82) is 0 Å². The predicted molar refractivity (Wildman–Crippen MR) is 131 cm³/mol. The molecule has 0 aliphatic carbocycles. The Morgan fingerprint density at radius 2 is 0.743 bits per heavy atom. The van der Waals surface area contributed by atoms with Gasteiger partial charge in [0.05, 0.1) is 39.6 Å². The summed E-state index contributed by atoms with van der Waals surface area (Å²) in [4.78, 5) is 28.8. The van der Waals surface area contributed by atoms with Crippen molar-refractivity contribution in [2.75, 3.05) is 39.6 Å². The third-order valence-electron chi connectivity index (χ3n) is 4.00. The van der Waals surface area contributed by atoms with Crippen molar-refractivity contribution in [2.24, 2.45) is 10.8 Å². The summed E-state index contributed by atoms with van der Waals surface area (Å²) in [7, 11) is 0. The summed E-state index contributed by atoms with van der Waals surface area (Å²) in [5, 5.41) is 75.0. The number of aliphatic hydroxyl groups is 6. The smallest absolute Gasteiger partial charge is 0.330 e. The van der Waals surface area contributed by atoms with Gasteiger partial charge in [0, 0.05) is 27.5 Å². The minimum atomic E-state index is -0.935. The first-order valence-corrected chi connectivity index (χ1v) is 10.2. The summed E-state index contributed by atoms with van der Waals surface area (Å²) in [5.74, 6) is -2.81. The van der Waals surface area contributed by atoms with Gasteiger partial charge in [-0.25, -0.2) is 14.4 Å². The van der Waals surface area contributed by atoms with Gasteiger partial charge >= 0.3 is 17.9 Å². The Kier molecular flexibility index (Phi) is 29.8. The molecule has 0 amide bonds. The summed E-state index contributed by atoms with van der Waals surface area (Å²) < 4.78 is 0. The standard InChI is InChI=1S/C6H14O3.C5H12O3.3C4H6O2/c1-2-6(3-7,4-8)5-9;1-5(2-6,3-7)4-8;3*1-3(2)4(5)6/h7-9H,2-5H2,1H3;6-8H,2-4H2,1H3;3*1H2,2H3,(H,5,6). The van der Waals surface area contributed by atoms with Crippen LogP contribution in [0.3, 0.4) is 0 Å². The van der Waals surface area contributed by atoms with E-state index in [-0.39, 0.29) is 56.4 Å². The first-order valence-electron chi connectivity index (χ1n) is 10.2. The molecular weight excluding hydrogens is 468 g/mol. The van der Waals surface area contributed by atoms with Crippen LogP contribution in [0.4, 0.5) is 0 Å². The summed E-state index contributed by atoms with van der Waals surface area (Å²) in [5.41, 5.74) is -0.847. The van der Waals surface area contributed by atoms with E-state index in [1.54, 1.807) is 6.92 Å². The lowest BCUT2D eigenvalue weighted by molar-refractivity contribution is -0.133. The molecule has 0 aromatic heterocycles. The predicted octanol–water partition coefficient (Wildman–Crippen LogP) is 0.271. The number of aliphatic carboxylic acids is 3. The highest BCUT2D eigenvalue weighted by Crippen LogP contribution is 2.18. The van der Waals surface area contributed by atoms with Gasteiger partial charge < -0.3 is 46.0 Å². The highest BCUT2D eigenvalue weighted by atomic mass is 16.4. The number of aliphatic hydroxyl groups excluding tert-OH is 6. The lowest BCUT2D eigenvalue weighted by atomic mass is 9.88. The largest absolute Gasteiger partial charge is 0.478 e. The van der Waals surface area contributed by atoms with E-state index in [4.69, 9.17) is 46.0 Å². The highest BCUT2D eigenvalue weighted by Gasteiger charge is 2.24. The molecule has 0 saturated heterocycles. The van der Waals surface area contributed by atoms with Gasteiger partial charge in [-0.05, 0) is 27.2 Å². The van der Waals surface area contributed by atoms with Crippen molar-refractivity contribution in [2.45, 2.75) is 41.0 Å². The second-order valence-corrected chi connectivity index (χ2v) is 7.87. The summed E-state index contributed by atoms with van der Waals surface area (Å²) in [6.07, 6.45) is 0.594. The molecule has 0 bridgehead atoms. The number of rotatable bonds is 10. The van der Waals surface area contributed by atoms with Gasteiger partial charge in [0.2, 0.25) is 0 Å². The van der Waals surface area contributed by atoms with E-state index in [0.29, 0.717) is 6.42 Å². The topological polar surface area (TPSA) is 233 Å². The van der Waals surface area contributed by atoms with Gasteiger partial charge in [-0.1, -0.05) is 33.6 Å². The Labute approximate surface area is 206 Å². The van der Waals surface area contributed by atoms with Crippen molar-refractivity contribution in [3.05, 3.63) is 36.5 Å². The van der Waals surface area contributed by atoms with Crippen molar-refractivity contribution >= 4 is 17.9 Å². The maximum Gasteiger partial charge on any atom is 0.330 e. The van der Waals surface area contributed by atoms with Crippen molar-refractivity contribution in [1.82, 2.24) is 0 Å². The zero-order valence-corrected chi connectivity index (χ0v) is 21.3. The molecule has 0 saturated carbocycles. The number of carbonyl (C=O) groups is 3. The molecule has 0 aliphatic heterocycles. The van der Waals surface area contributed by atoms with E-state index in [9.17, 15) is 14.4 Å². The second-order valence-electron chi connectivity index (χ2n) is 7.87. The number of carboxylic acids is 3. The molecule has 12 heteroatoms. The fourth-order valence-corrected chi connectivity index (χ4v) is 0.635. The molecule has 0 aromatic carbocycles. The third kappa shape index (κ3) is 29.4. The highest BCUT2D eigenvalue weighted by molar-refractivity contribution is 5.85. The normalized spacial score (nSPS) is 9.69. The lowest BCUT2D eigenvalue weighted by Gasteiger charge is -2.24. The molecule has 208 valence electrons. The summed E-state index contributed by atoms with van der Waals surface area (Å²) in [6.45, 7) is 16.2. The lowest BCUT2D eigenvalue weighted by Crippen LogP contribution is -2.32. The zero-order valence-electron chi connectivity index (χ0n) is 21.3. The van der Waals surface area contributed by atoms with Crippen molar-refractivity contribution < 1.29 is 60.3 Å². The van der Waals surface area contributed by atoms with Gasteiger partial charge in [0.25, 0.3) is 0 Å².